The van der Waals surface area contributed by atoms with Crippen LogP contribution in [-0.4, -0.2) is 121 Å². The molecule has 4 fully saturated rings. The number of ether oxygens (including phenoxy) is 3. The van der Waals surface area contributed by atoms with Gasteiger partial charge < -0.3 is 29.1 Å². The van der Waals surface area contributed by atoms with E-state index in [-0.39, 0.29) is 5.97 Å². The van der Waals surface area contributed by atoms with Crippen LogP contribution in [0.2, 0.25) is 0 Å². The standard InChI is InChI=1S/C25H31N3O3S.C24H29N3O3S/c1-16-5-8-19-20(13-16)31-23-18(14-21(32-23)17-6-7-17)22(26-19)28-11-9-27(10-12-28)15-25(2,3)24(29)30-4;1-15-4-7-18-19(12-15)30-22-17(13-20(31-22)16-5-6-16)21(25-18)27-10-8-26(9-11-27)14-24(2,3)23(28)29/h5,8,13-14,17H,6-7,9-12,15H2,1-4H3;4,7,12-13,16H,5-6,8-11,14H2,1-3H3,(H,28,29). The second-order valence-corrected chi connectivity index (χ2v) is 21.4. The van der Waals surface area contributed by atoms with E-state index in [1.54, 1.807) is 36.5 Å². The van der Waals surface area contributed by atoms with Gasteiger partial charge in [-0.15, -0.1) is 22.7 Å². The van der Waals surface area contributed by atoms with E-state index in [0.29, 0.717) is 24.9 Å². The highest BCUT2D eigenvalue weighted by Crippen LogP contribution is 2.51. The molecule has 0 radical (unpaired) electrons. The summed E-state index contributed by atoms with van der Waals surface area (Å²) in [6.45, 7) is 19.7. The number of benzene rings is 2. The first kappa shape index (κ1) is 43.5. The summed E-state index contributed by atoms with van der Waals surface area (Å²) in [6, 6.07) is 17.0. The van der Waals surface area contributed by atoms with Crippen molar-refractivity contribution in [3.63, 3.8) is 0 Å². The van der Waals surface area contributed by atoms with Crippen molar-refractivity contribution in [3.05, 3.63) is 80.5 Å². The third-order valence-electron chi connectivity index (χ3n) is 12.9. The van der Waals surface area contributed by atoms with Crippen molar-refractivity contribution >= 4 is 57.7 Å². The molecule has 2 aliphatic carbocycles. The summed E-state index contributed by atoms with van der Waals surface area (Å²) in [4.78, 5) is 45.9. The van der Waals surface area contributed by atoms with Crippen LogP contribution in [0.15, 0.2) is 58.5 Å². The number of fused-ring (bicyclic) bond motifs is 4. The molecule has 63 heavy (non-hydrogen) atoms. The third-order valence-corrected chi connectivity index (χ3v) is 15.2. The van der Waals surface area contributed by atoms with Gasteiger partial charge in [-0.25, -0.2) is 9.98 Å². The molecule has 6 aliphatic rings. The number of hydrogen-bond donors (Lipinski definition) is 1. The monoisotopic (exact) mass is 892 g/mol. The van der Waals surface area contributed by atoms with Crippen LogP contribution in [-0.2, 0) is 14.3 Å². The molecule has 0 bridgehead atoms. The highest BCUT2D eigenvalue weighted by atomic mass is 32.1. The van der Waals surface area contributed by atoms with Crippen LogP contribution in [0.1, 0.15) is 97.2 Å². The topological polar surface area (TPSA) is 120 Å². The van der Waals surface area contributed by atoms with Crippen LogP contribution in [0.5, 0.6) is 21.6 Å². The molecule has 1 N–H and O–H groups in total. The Hall–Kier alpha value is -4.76. The lowest BCUT2D eigenvalue weighted by Crippen LogP contribution is -2.52. The highest BCUT2D eigenvalue weighted by molar-refractivity contribution is 7.14. The molecule has 14 heteroatoms. The Kier molecular flexibility index (Phi) is 12.0. The molecule has 0 unspecified atom stereocenters. The van der Waals surface area contributed by atoms with Crippen LogP contribution in [0.25, 0.3) is 0 Å². The first-order valence-corrected chi connectivity index (χ1v) is 24.1. The van der Waals surface area contributed by atoms with Gasteiger partial charge in [0.1, 0.15) is 23.0 Å². The number of rotatable bonds is 8. The molecule has 0 spiro atoms. The Labute approximate surface area is 379 Å². The molecular formula is C49H60N6O6S2. The van der Waals surface area contributed by atoms with E-state index in [9.17, 15) is 14.7 Å². The zero-order valence-electron chi connectivity index (χ0n) is 37.7. The summed E-state index contributed by atoms with van der Waals surface area (Å²) in [7, 11) is 1.46. The molecule has 2 saturated heterocycles. The summed E-state index contributed by atoms with van der Waals surface area (Å²) in [5.74, 6) is 4.11. The predicted octanol–water partition coefficient (Wildman–Crippen LogP) is 9.78. The largest absolute Gasteiger partial charge is 0.481 e. The summed E-state index contributed by atoms with van der Waals surface area (Å²) < 4.78 is 17.8. The van der Waals surface area contributed by atoms with E-state index in [2.05, 4.69) is 75.9 Å². The van der Waals surface area contributed by atoms with Gasteiger partial charge in [0.2, 0.25) is 0 Å². The second kappa shape index (κ2) is 17.3. The first-order valence-electron chi connectivity index (χ1n) is 22.4. The van der Waals surface area contributed by atoms with Crippen molar-refractivity contribution in [1.82, 2.24) is 19.6 Å². The predicted molar refractivity (Wildman–Crippen MR) is 251 cm³/mol. The van der Waals surface area contributed by atoms with E-state index < -0.39 is 16.8 Å². The molecular weight excluding hydrogens is 833 g/mol. The molecule has 12 nitrogen and oxygen atoms in total. The van der Waals surface area contributed by atoms with Gasteiger partial charge in [0, 0.05) is 75.2 Å². The number of carbonyl (C=O) groups is 2. The molecule has 0 amide bonds. The summed E-state index contributed by atoms with van der Waals surface area (Å²) in [5, 5.41) is 11.4. The number of carboxylic acids is 1. The first-order chi connectivity index (χ1) is 30.1. The number of hydrogen-bond acceptors (Lipinski definition) is 13. The highest BCUT2D eigenvalue weighted by Gasteiger charge is 2.37. The molecule has 10 rings (SSSR count). The Morgan fingerprint density at radius 3 is 1.46 bits per heavy atom. The Bertz CT molecular complexity index is 2450. The Morgan fingerprint density at radius 1 is 0.667 bits per heavy atom. The summed E-state index contributed by atoms with van der Waals surface area (Å²) in [6.07, 6.45) is 5.08. The number of aryl methyl sites for hydroxylation is 2. The van der Waals surface area contributed by atoms with Gasteiger partial charge in [-0.3, -0.25) is 19.4 Å². The van der Waals surface area contributed by atoms with Crippen molar-refractivity contribution in [2.75, 3.05) is 72.6 Å². The lowest BCUT2D eigenvalue weighted by Gasteiger charge is -2.39. The maximum atomic E-state index is 12.1. The number of esters is 1. The number of aliphatic carboxylic acids is 1. The van der Waals surface area contributed by atoms with Crippen molar-refractivity contribution in [2.24, 2.45) is 20.8 Å². The number of thiophene rings is 2. The van der Waals surface area contributed by atoms with Gasteiger partial charge in [0.15, 0.2) is 21.6 Å². The van der Waals surface area contributed by atoms with E-state index in [0.717, 1.165) is 114 Å². The second-order valence-electron chi connectivity index (χ2n) is 19.4. The van der Waals surface area contributed by atoms with Gasteiger partial charge in [0.25, 0.3) is 0 Å². The Morgan fingerprint density at radius 2 is 1.08 bits per heavy atom. The number of amidine groups is 2. The Balaban J connectivity index is 0.000000160. The molecule has 0 atom stereocenters. The van der Waals surface area contributed by atoms with Crippen LogP contribution < -0.4 is 9.47 Å². The lowest BCUT2D eigenvalue weighted by molar-refractivity contribution is -0.152. The number of nitrogens with zero attached hydrogens (tertiary/aromatic N) is 6. The summed E-state index contributed by atoms with van der Waals surface area (Å²) >= 11 is 3.54. The average Bonchev–Trinajstić information content (AvgIpc) is 4.20. The molecule has 6 heterocycles. The molecule has 2 aromatic carbocycles. The quantitative estimate of drug-likeness (QED) is 0.171. The minimum atomic E-state index is -0.748. The third kappa shape index (κ3) is 9.55. The fourth-order valence-corrected chi connectivity index (χ4v) is 11.1. The average molecular weight is 893 g/mol. The molecule has 4 aliphatic heterocycles. The van der Waals surface area contributed by atoms with Crippen LogP contribution in [0.3, 0.4) is 0 Å². The minimum absolute atomic E-state index is 0.160. The number of methoxy groups -OCH3 is 1. The maximum Gasteiger partial charge on any atom is 0.312 e. The van der Waals surface area contributed by atoms with Crippen molar-refractivity contribution in [3.8, 4) is 21.6 Å². The van der Waals surface area contributed by atoms with Crippen LogP contribution in [0, 0.1) is 24.7 Å². The molecule has 2 saturated carbocycles. The van der Waals surface area contributed by atoms with E-state index >= 15 is 0 Å². The van der Waals surface area contributed by atoms with Gasteiger partial charge in [-0.2, -0.15) is 0 Å². The van der Waals surface area contributed by atoms with Crippen molar-refractivity contribution in [1.29, 1.82) is 0 Å². The van der Waals surface area contributed by atoms with Gasteiger partial charge >= 0.3 is 11.9 Å². The number of carbonyl (C=O) groups excluding carboxylic acids is 1. The van der Waals surface area contributed by atoms with Crippen LogP contribution in [0.4, 0.5) is 11.4 Å². The maximum absolute atomic E-state index is 12.1. The van der Waals surface area contributed by atoms with E-state index in [1.807, 2.05) is 19.9 Å². The normalized spacial score (nSPS) is 19.0. The minimum Gasteiger partial charge on any atom is -0.481 e. The molecule has 2 aromatic heterocycles. The number of piperazine rings is 2. The lowest BCUT2D eigenvalue weighted by atomic mass is 9.92. The molecule has 4 aromatic rings. The van der Waals surface area contributed by atoms with Gasteiger partial charge in [0.05, 0.1) is 29.1 Å². The SMILES string of the molecule is COC(=O)C(C)(C)CN1CCN(C2=Nc3ccc(C)cc3Oc3sc(C4CC4)cc32)CC1.Cc1ccc2c(c1)Oc1sc(C3CC3)cc1C(N1CCN(CC(C)(C)C(=O)O)CC1)=N2. The van der Waals surface area contributed by atoms with Gasteiger partial charge in [-0.05, 0) is 127 Å². The smallest absolute Gasteiger partial charge is 0.312 e. The van der Waals surface area contributed by atoms with E-state index in [4.69, 9.17) is 24.2 Å². The zero-order chi connectivity index (χ0) is 44.2. The number of aliphatic imine (C=N–C) groups is 2. The van der Waals surface area contributed by atoms with Crippen molar-refractivity contribution < 1.29 is 28.9 Å². The van der Waals surface area contributed by atoms with E-state index in [1.165, 1.54) is 48.1 Å². The zero-order valence-corrected chi connectivity index (χ0v) is 39.3. The van der Waals surface area contributed by atoms with Crippen LogP contribution >= 0.6 is 22.7 Å². The van der Waals surface area contributed by atoms with Crippen molar-refractivity contribution in [2.45, 2.75) is 79.1 Å². The number of carboxylic acid groups (broad SMARTS) is 1. The van der Waals surface area contributed by atoms with Gasteiger partial charge in [-0.1, -0.05) is 12.1 Å². The fraction of sp³-hybridized carbons (Fsp3) is 0.510. The summed E-state index contributed by atoms with van der Waals surface area (Å²) in [5.41, 5.74) is 5.04. The fourth-order valence-electron chi connectivity index (χ4n) is 8.77. The molecule has 334 valence electrons.